The number of ether oxygens (including phenoxy) is 2. The van der Waals surface area contributed by atoms with Gasteiger partial charge in [0.25, 0.3) is 5.52 Å². The third-order valence-corrected chi connectivity index (χ3v) is 2.93. The summed E-state index contributed by atoms with van der Waals surface area (Å²) in [6.07, 6.45) is 1.68. The van der Waals surface area contributed by atoms with Crippen molar-refractivity contribution >= 4 is 22.6 Å². The highest BCUT2D eigenvalue weighted by atomic mass is 16.8. The van der Waals surface area contributed by atoms with Crippen LogP contribution in [-0.2, 0) is 4.79 Å². The van der Waals surface area contributed by atoms with Crippen molar-refractivity contribution in [2.24, 2.45) is 0 Å². The third-order valence-electron chi connectivity index (χ3n) is 2.93. The largest absolute Gasteiger partial charge is 0.487 e. The van der Waals surface area contributed by atoms with Gasteiger partial charge in [-0.2, -0.15) is 0 Å². The van der Waals surface area contributed by atoms with Gasteiger partial charge in [-0.05, 0) is 17.7 Å². The van der Waals surface area contributed by atoms with Crippen LogP contribution in [0.4, 0.5) is 5.69 Å². The molecule has 106 valence electrons. The maximum absolute atomic E-state index is 11.5. The van der Waals surface area contributed by atoms with E-state index in [1.54, 1.807) is 0 Å². The smallest absolute Gasteiger partial charge is 0.294 e. The first-order valence-corrected chi connectivity index (χ1v) is 6.26. The monoisotopic (exact) mass is 279 g/mol. The quantitative estimate of drug-likeness (QED) is 0.781. The van der Waals surface area contributed by atoms with Crippen molar-refractivity contribution < 1.29 is 23.8 Å². The zero-order chi connectivity index (χ0) is 14.1. The lowest BCUT2D eigenvalue weighted by Gasteiger charge is -2.18. The molecule has 2 aromatic rings. The number of benzene rings is 1. The van der Waals surface area contributed by atoms with Gasteiger partial charge < -0.3 is 20.0 Å². The number of rotatable bonds is 1. The van der Waals surface area contributed by atoms with Crippen molar-refractivity contribution in [3.8, 4) is 11.5 Å². The third kappa shape index (κ3) is 2.09. The van der Waals surface area contributed by atoms with Crippen LogP contribution in [-0.4, -0.2) is 24.3 Å². The average molecular weight is 279 g/mol. The van der Waals surface area contributed by atoms with Crippen molar-refractivity contribution in [3.63, 3.8) is 0 Å². The van der Waals surface area contributed by atoms with Gasteiger partial charge in [0.1, 0.15) is 0 Å². The molecule has 0 atom stereocenters. The summed E-state index contributed by atoms with van der Waals surface area (Å²) in [5.41, 5.74) is 0.831. The van der Waals surface area contributed by atoms with Crippen LogP contribution in [0.2, 0.25) is 0 Å². The molecule has 2 heterocycles. The van der Waals surface area contributed by atoms with Crippen molar-refractivity contribution in [2.45, 2.75) is 19.8 Å². The van der Waals surface area contributed by atoms with E-state index >= 15 is 0 Å². The standard InChI is InChI=1S/C12H13N3O5/c1-7(16)13-8-6-9-10(14-20-15(9)17)12-11(8)18-4-2-3-5-19-12/h6H,2-5H2,1H3,(H,13,16). The molecule has 1 amide bonds. The molecule has 0 saturated carbocycles. The lowest BCUT2D eigenvalue weighted by atomic mass is 10.2. The van der Waals surface area contributed by atoms with Crippen LogP contribution in [0.3, 0.4) is 0 Å². The Hall–Kier alpha value is -2.51. The fraction of sp³-hybridized carbons (Fsp3) is 0.417. The number of nitrogens with zero attached hydrogens (tertiary/aromatic N) is 2. The second kappa shape index (κ2) is 4.87. The zero-order valence-electron chi connectivity index (χ0n) is 10.8. The Kier molecular flexibility index (Phi) is 3.05. The minimum atomic E-state index is -0.272. The van der Waals surface area contributed by atoms with Crippen LogP contribution in [0.15, 0.2) is 10.7 Å². The Labute approximate surface area is 113 Å². The van der Waals surface area contributed by atoms with Gasteiger partial charge in [-0.3, -0.25) is 9.42 Å². The highest BCUT2D eigenvalue weighted by molar-refractivity contribution is 5.96. The molecule has 1 aliphatic heterocycles. The summed E-state index contributed by atoms with van der Waals surface area (Å²) < 4.78 is 15.8. The second-order valence-corrected chi connectivity index (χ2v) is 4.47. The maximum Gasteiger partial charge on any atom is 0.294 e. The van der Waals surface area contributed by atoms with Crippen LogP contribution in [0.1, 0.15) is 19.8 Å². The Morgan fingerprint density at radius 1 is 1.35 bits per heavy atom. The number of amides is 1. The fourth-order valence-corrected chi connectivity index (χ4v) is 2.08. The second-order valence-electron chi connectivity index (χ2n) is 4.47. The lowest BCUT2D eigenvalue weighted by molar-refractivity contribution is -0.782. The topological polar surface area (TPSA) is 101 Å². The zero-order valence-corrected chi connectivity index (χ0v) is 10.8. The Balaban J connectivity index is 2.22. The molecule has 0 spiro atoms. The number of anilines is 1. The van der Waals surface area contributed by atoms with Crippen LogP contribution < -0.4 is 19.7 Å². The van der Waals surface area contributed by atoms with Gasteiger partial charge in [-0.1, -0.05) is 0 Å². The fourth-order valence-electron chi connectivity index (χ4n) is 2.08. The van der Waals surface area contributed by atoms with Gasteiger partial charge in [-0.25, -0.2) is 0 Å². The summed E-state index contributed by atoms with van der Waals surface area (Å²) in [5.74, 6) is 0.428. The molecular weight excluding hydrogens is 266 g/mol. The van der Waals surface area contributed by atoms with Crippen molar-refractivity contribution in [2.75, 3.05) is 18.5 Å². The molecule has 0 fully saturated rings. The molecule has 0 aliphatic carbocycles. The van der Waals surface area contributed by atoms with Gasteiger partial charge in [0, 0.05) is 13.0 Å². The summed E-state index contributed by atoms with van der Waals surface area (Å²) in [6, 6.07) is 1.46. The van der Waals surface area contributed by atoms with Crippen LogP contribution in [0, 0.1) is 5.21 Å². The molecule has 3 rings (SSSR count). The average Bonchev–Trinajstić information content (AvgIpc) is 2.71. The van der Waals surface area contributed by atoms with Crippen LogP contribution in [0.25, 0.3) is 11.0 Å². The molecule has 1 aromatic heterocycles. The molecular formula is C12H13N3O5. The van der Waals surface area contributed by atoms with E-state index in [2.05, 4.69) is 15.1 Å². The van der Waals surface area contributed by atoms with Crippen LogP contribution >= 0.6 is 0 Å². The van der Waals surface area contributed by atoms with Crippen molar-refractivity contribution in [1.29, 1.82) is 0 Å². The molecule has 0 saturated heterocycles. The first kappa shape index (κ1) is 12.5. The number of nitrogens with one attached hydrogen (secondary N) is 1. The van der Waals surface area contributed by atoms with Crippen molar-refractivity contribution in [1.82, 2.24) is 5.16 Å². The summed E-state index contributed by atoms with van der Waals surface area (Å²) in [6.45, 7) is 2.36. The minimum Gasteiger partial charge on any atom is -0.487 e. The summed E-state index contributed by atoms with van der Waals surface area (Å²) in [4.78, 5) is 11.5. The lowest BCUT2D eigenvalue weighted by Crippen LogP contribution is -2.23. The molecule has 0 bridgehead atoms. The Bertz CT molecular complexity index is 667. The number of aromatic nitrogens is 2. The first-order chi connectivity index (χ1) is 9.66. The van der Waals surface area contributed by atoms with Gasteiger partial charge in [0.05, 0.1) is 24.1 Å². The van der Waals surface area contributed by atoms with E-state index in [4.69, 9.17) is 9.47 Å². The summed E-state index contributed by atoms with van der Waals surface area (Å²) >= 11 is 0. The van der Waals surface area contributed by atoms with Crippen molar-refractivity contribution in [3.05, 3.63) is 11.3 Å². The number of hydrogen-bond donors (Lipinski definition) is 1. The molecule has 1 N–H and O–H groups in total. The van der Waals surface area contributed by atoms with E-state index in [-0.39, 0.29) is 21.8 Å². The van der Waals surface area contributed by atoms with Gasteiger partial charge in [0.2, 0.25) is 17.2 Å². The van der Waals surface area contributed by atoms with E-state index in [1.807, 2.05) is 0 Å². The summed E-state index contributed by atoms with van der Waals surface area (Å²) in [7, 11) is 0. The van der Waals surface area contributed by atoms with E-state index in [9.17, 15) is 10.0 Å². The molecule has 1 aliphatic rings. The maximum atomic E-state index is 11.5. The first-order valence-electron chi connectivity index (χ1n) is 6.26. The summed E-state index contributed by atoms with van der Waals surface area (Å²) in [5, 5.41) is 17.8. The van der Waals surface area contributed by atoms with E-state index in [0.717, 1.165) is 12.8 Å². The Morgan fingerprint density at radius 3 is 2.75 bits per heavy atom. The van der Waals surface area contributed by atoms with Gasteiger partial charge in [0.15, 0.2) is 5.75 Å². The normalized spacial score (nSPS) is 14.7. The number of carbonyl (C=O) groups excluding carboxylic acids is 1. The van der Waals surface area contributed by atoms with E-state index in [0.29, 0.717) is 30.4 Å². The molecule has 0 radical (unpaired) electrons. The van der Waals surface area contributed by atoms with Gasteiger partial charge >= 0.3 is 0 Å². The number of hydrogen-bond acceptors (Lipinski definition) is 6. The predicted octanol–water partition coefficient (Wildman–Crippen LogP) is 0.971. The molecule has 8 heteroatoms. The number of fused-ring (bicyclic) bond motifs is 3. The SMILES string of the molecule is CC(=O)Nc1cc2c(no[n+]2[O-])c2c1OCCCCO2. The predicted molar refractivity (Wildman–Crippen MR) is 67.5 cm³/mol. The van der Waals surface area contributed by atoms with Crippen LogP contribution in [0.5, 0.6) is 11.5 Å². The molecule has 8 nitrogen and oxygen atoms in total. The van der Waals surface area contributed by atoms with Gasteiger partial charge in [-0.15, -0.1) is 0 Å². The Morgan fingerprint density at radius 2 is 2.05 bits per heavy atom. The van der Waals surface area contributed by atoms with E-state index < -0.39 is 0 Å². The number of carbonyl (C=O) groups is 1. The minimum absolute atomic E-state index is 0.177. The molecule has 1 aromatic carbocycles. The molecule has 20 heavy (non-hydrogen) atoms. The highest BCUT2D eigenvalue weighted by Crippen LogP contribution is 2.41. The highest BCUT2D eigenvalue weighted by Gasteiger charge is 2.26. The van der Waals surface area contributed by atoms with E-state index in [1.165, 1.54) is 13.0 Å². The molecule has 0 unspecified atom stereocenters.